The fraction of sp³-hybridized carbons (Fsp3) is 0.333. The first-order valence-electron chi connectivity index (χ1n) is 4.93. The molecule has 0 atom stereocenters. The standard InChI is InChI=1S/C12H16ClNO2/c1-8-10(13)7-9(5-4-6-14)12(16-3)11(8)15-2/h4-5,7H,6,14H2,1-3H3/b5-4+. The molecule has 1 aromatic carbocycles. The molecule has 0 unspecified atom stereocenters. The zero-order chi connectivity index (χ0) is 12.1. The predicted molar refractivity (Wildman–Crippen MR) is 67.4 cm³/mol. The summed E-state index contributed by atoms with van der Waals surface area (Å²) in [5.41, 5.74) is 7.14. The van der Waals surface area contributed by atoms with E-state index in [4.69, 9.17) is 26.8 Å². The lowest BCUT2D eigenvalue weighted by Gasteiger charge is -2.14. The number of hydrogen-bond acceptors (Lipinski definition) is 3. The number of methoxy groups -OCH3 is 2. The highest BCUT2D eigenvalue weighted by molar-refractivity contribution is 6.31. The van der Waals surface area contributed by atoms with Crippen LogP contribution < -0.4 is 15.2 Å². The Labute approximate surface area is 101 Å². The van der Waals surface area contributed by atoms with Gasteiger partial charge in [-0.1, -0.05) is 23.8 Å². The van der Waals surface area contributed by atoms with Crippen molar-refractivity contribution in [2.75, 3.05) is 20.8 Å². The fourth-order valence-corrected chi connectivity index (χ4v) is 1.70. The van der Waals surface area contributed by atoms with Crippen molar-refractivity contribution in [3.05, 3.63) is 28.3 Å². The number of rotatable bonds is 4. The summed E-state index contributed by atoms with van der Waals surface area (Å²) < 4.78 is 10.6. The maximum atomic E-state index is 6.10. The lowest BCUT2D eigenvalue weighted by atomic mass is 10.1. The summed E-state index contributed by atoms with van der Waals surface area (Å²) in [7, 11) is 3.20. The Hall–Kier alpha value is -1.19. The van der Waals surface area contributed by atoms with E-state index in [2.05, 4.69) is 0 Å². The minimum Gasteiger partial charge on any atom is -0.493 e. The number of benzene rings is 1. The SMILES string of the molecule is COc1c(/C=C/CN)cc(Cl)c(C)c1OC. The molecule has 0 aromatic heterocycles. The summed E-state index contributed by atoms with van der Waals surface area (Å²) in [6, 6.07) is 1.84. The molecule has 0 bridgehead atoms. The van der Waals surface area contributed by atoms with Gasteiger partial charge in [-0.3, -0.25) is 0 Å². The lowest BCUT2D eigenvalue weighted by molar-refractivity contribution is 0.352. The molecule has 0 aliphatic rings. The monoisotopic (exact) mass is 241 g/mol. The van der Waals surface area contributed by atoms with Crippen molar-refractivity contribution < 1.29 is 9.47 Å². The summed E-state index contributed by atoms with van der Waals surface area (Å²) in [5.74, 6) is 1.33. The molecule has 0 spiro atoms. The van der Waals surface area contributed by atoms with E-state index in [1.165, 1.54) is 0 Å². The Bertz CT molecular complexity index is 402. The van der Waals surface area contributed by atoms with E-state index in [1.807, 2.05) is 25.1 Å². The van der Waals surface area contributed by atoms with Gasteiger partial charge in [0.25, 0.3) is 0 Å². The molecule has 2 N–H and O–H groups in total. The largest absolute Gasteiger partial charge is 0.493 e. The van der Waals surface area contributed by atoms with E-state index in [9.17, 15) is 0 Å². The third kappa shape index (κ3) is 2.49. The van der Waals surface area contributed by atoms with E-state index in [0.29, 0.717) is 23.1 Å². The Morgan fingerprint density at radius 3 is 2.44 bits per heavy atom. The molecule has 1 rings (SSSR count). The minimum absolute atomic E-state index is 0.469. The zero-order valence-electron chi connectivity index (χ0n) is 9.71. The smallest absolute Gasteiger partial charge is 0.168 e. The first kappa shape index (κ1) is 12.9. The van der Waals surface area contributed by atoms with Crippen molar-refractivity contribution in [2.24, 2.45) is 5.73 Å². The van der Waals surface area contributed by atoms with E-state index in [-0.39, 0.29) is 0 Å². The highest BCUT2D eigenvalue weighted by Crippen LogP contribution is 2.39. The van der Waals surface area contributed by atoms with Gasteiger partial charge in [-0.2, -0.15) is 0 Å². The molecule has 0 radical (unpaired) electrons. The number of hydrogen-bond donors (Lipinski definition) is 1. The molecule has 0 amide bonds. The lowest BCUT2D eigenvalue weighted by Crippen LogP contribution is -1.97. The van der Waals surface area contributed by atoms with E-state index in [1.54, 1.807) is 14.2 Å². The molecular weight excluding hydrogens is 226 g/mol. The second kappa shape index (κ2) is 5.77. The van der Waals surface area contributed by atoms with Crippen LogP contribution in [0.15, 0.2) is 12.1 Å². The van der Waals surface area contributed by atoms with Crippen molar-refractivity contribution >= 4 is 17.7 Å². The molecule has 0 heterocycles. The van der Waals surface area contributed by atoms with E-state index < -0.39 is 0 Å². The number of nitrogens with two attached hydrogens (primary N) is 1. The van der Waals surface area contributed by atoms with Gasteiger partial charge in [0, 0.05) is 22.7 Å². The Morgan fingerprint density at radius 2 is 1.94 bits per heavy atom. The van der Waals surface area contributed by atoms with E-state index in [0.717, 1.165) is 11.1 Å². The van der Waals surface area contributed by atoms with Crippen LogP contribution >= 0.6 is 11.6 Å². The second-order valence-electron chi connectivity index (χ2n) is 3.28. The highest BCUT2D eigenvalue weighted by Gasteiger charge is 2.14. The predicted octanol–water partition coefficient (Wildman–Crippen LogP) is 2.64. The van der Waals surface area contributed by atoms with Crippen LogP contribution in [-0.4, -0.2) is 20.8 Å². The van der Waals surface area contributed by atoms with Gasteiger partial charge >= 0.3 is 0 Å². The van der Waals surface area contributed by atoms with Gasteiger partial charge < -0.3 is 15.2 Å². The van der Waals surface area contributed by atoms with Crippen LogP contribution in [0.1, 0.15) is 11.1 Å². The van der Waals surface area contributed by atoms with Crippen LogP contribution in [0, 0.1) is 6.92 Å². The van der Waals surface area contributed by atoms with Gasteiger partial charge in [-0.25, -0.2) is 0 Å². The summed E-state index contributed by atoms with van der Waals surface area (Å²) in [6.45, 7) is 2.36. The molecule has 16 heavy (non-hydrogen) atoms. The van der Waals surface area contributed by atoms with Crippen molar-refractivity contribution in [3.8, 4) is 11.5 Å². The average molecular weight is 242 g/mol. The Kier molecular flexibility index (Phi) is 4.65. The van der Waals surface area contributed by atoms with Crippen LogP contribution in [0.4, 0.5) is 0 Å². The summed E-state index contributed by atoms with van der Waals surface area (Å²) in [4.78, 5) is 0. The molecule has 3 nitrogen and oxygen atoms in total. The Balaban J connectivity index is 3.37. The minimum atomic E-state index is 0.469. The molecule has 88 valence electrons. The zero-order valence-corrected chi connectivity index (χ0v) is 10.5. The van der Waals surface area contributed by atoms with Gasteiger partial charge in [0.2, 0.25) is 0 Å². The van der Waals surface area contributed by atoms with Gasteiger partial charge in [0.15, 0.2) is 11.5 Å². The molecular formula is C12H16ClNO2. The highest BCUT2D eigenvalue weighted by atomic mass is 35.5. The van der Waals surface area contributed by atoms with Crippen molar-refractivity contribution in [1.82, 2.24) is 0 Å². The van der Waals surface area contributed by atoms with Crippen LogP contribution in [-0.2, 0) is 0 Å². The maximum Gasteiger partial charge on any atom is 0.168 e. The van der Waals surface area contributed by atoms with Gasteiger partial charge in [0.1, 0.15) is 0 Å². The van der Waals surface area contributed by atoms with Crippen LogP contribution in [0.3, 0.4) is 0 Å². The molecule has 0 aliphatic carbocycles. The van der Waals surface area contributed by atoms with Crippen molar-refractivity contribution in [2.45, 2.75) is 6.92 Å². The van der Waals surface area contributed by atoms with Crippen LogP contribution in [0.25, 0.3) is 6.08 Å². The van der Waals surface area contributed by atoms with E-state index >= 15 is 0 Å². The molecule has 1 aromatic rings. The van der Waals surface area contributed by atoms with Crippen LogP contribution in [0.2, 0.25) is 5.02 Å². The summed E-state index contributed by atoms with van der Waals surface area (Å²) in [5, 5.41) is 0.648. The third-order valence-corrected chi connectivity index (χ3v) is 2.68. The van der Waals surface area contributed by atoms with Crippen molar-refractivity contribution in [1.29, 1.82) is 0 Å². The van der Waals surface area contributed by atoms with Gasteiger partial charge in [-0.05, 0) is 13.0 Å². The van der Waals surface area contributed by atoms with Gasteiger partial charge in [-0.15, -0.1) is 0 Å². The number of ether oxygens (including phenoxy) is 2. The molecule has 4 heteroatoms. The first-order chi connectivity index (χ1) is 7.65. The summed E-state index contributed by atoms with van der Waals surface area (Å²) in [6.07, 6.45) is 3.70. The number of halogens is 1. The average Bonchev–Trinajstić information content (AvgIpc) is 2.29. The molecule has 0 saturated carbocycles. The molecule has 0 fully saturated rings. The van der Waals surface area contributed by atoms with Crippen LogP contribution in [0.5, 0.6) is 11.5 Å². The normalized spacial score (nSPS) is 10.8. The fourth-order valence-electron chi connectivity index (χ4n) is 1.50. The second-order valence-corrected chi connectivity index (χ2v) is 3.68. The Morgan fingerprint density at radius 1 is 1.31 bits per heavy atom. The molecule has 0 saturated heterocycles. The third-order valence-electron chi connectivity index (χ3n) is 2.29. The quantitative estimate of drug-likeness (QED) is 0.882. The van der Waals surface area contributed by atoms with Crippen molar-refractivity contribution in [3.63, 3.8) is 0 Å². The molecule has 0 aliphatic heterocycles. The maximum absolute atomic E-state index is 6.10. The topological polar surface area (TPSA) is 44.5 Å². The first-order valence-corrected chi connectivity index (χ1v) is 5.31. The summed E-state index contributed by atoms with van der Waals surface area (Å²) >= 11 is 6.10. The van der Waals surface area contributed by atoms with Gasteiger partial charge in [0.05, 0.1) is 14.2 Å².